The summed E-state index contributed by atoms with van der Waals surface area (Å²) in [6.45, 7) is 2.16. The quantitative estimate of drug-likeness (QED) is 0.682. The van der Waals surface area contributed by atoms with Gasteiger partial charge in [0, 0.05) is 42.5 Å². The normalized spacial score (nSPS) is 28.3. The third-order valence-electron chi connectivity index (χ3n) is 5.91. The van der Waals surface area contributed by atoms with Crippen molar-refractivity contribution in [3.8, 4) is 28.7 Å². The lowest BCUT2D eigenvalue weighted by atomic mass is 9.79. The molecule has 2 aromatic heterocycles. The number of nitrogens with zero attached hydrogens (tertiary/aromatic N) is 5. The number of piperidine rings is 2. The van der Waals surface area contributed by atoms with Crippen LogP contribution in [0.4, 0.5) is 4.39 Å². The largest absolute Gasteiger partial charge is 0.507 e. The Morgan fingerprint density at radius 2 is 2.13 bits per heavy atom. The molecule has 8 nitrogen and oxygen atoms in total. The van der Waals surface area contributed by atoms with Gasteiger partial charge in [0.1, 0.15) is 17.5 Å². The molecule has 9 heteroatoms. The summed E-state index contributed by atoms with van der Waals surface area (Å²) in [5.41, 5.74) is 1.68. The first-order chi connectivity index (χ1) is 14.6. The number of alkyl halides is 1. The number of rotatable bonds is 4. The lowest BCUT2D eigenvalue weighted by molar-refractivity contribution is -0.00596. The maximum atomic E-state index is 14.8. The molecule has 2 aliphatic rings. The van der Waals surface area contributed by atoms with Crippen molar-refractivity contribution in [1.29, 1.82) is 0 Å². The summed E-state index contributed by atoms with van der Waals surface area (Å²) in [7, 11) is 0. The molecule has 0 spiro atoms. The van der Waals surface area contributed by atoms with Crippen LogP contribution >= 0.6 is 0 Å². The first-order valence-electron chi connectivity index (χ1n) is 10.1. The van der Waals surface area contributed by atoms with Crippen molar-refractivity contribution < 1.29 is 14.2 Å². The lowest BCUT2D eigenvalue weighted by Gasteiger charge is -2.44. The number of aromatic nitrogens is 5. The molecule has 0 radical (unpaired) electrons. The molecule has 2 N–H and O–H groups in total. The summed E-state index contributed by atoms with van der Waals surface area (Å²) < 4.78 is 22.4. The van der Waals surface area contributed by atoms with Crippen LogP contribution in [-0.4, -0.2) is 54.2 Å². The fourth-order valence-electron chi connectivity index (χ4n) is 4.51. The highest BCUT2D eigenvalue weighted by atomic mass is 19.1. The molecule has 0 saturated carbocycles. The van der Waals surface area contributed by atoms with E-state index >= 15 is 0 Å². The number of hydrogen-bond acceptors (Lipinski definition) is 7. The second kappa shape index (κ2) is 7.64. The van der Waals surface area contributed by atoms with Crippen molar-refractivity contribution in [2.75, 3.05) is 0 Å². The maximum absolute atomic E-state index is 14.8. The van der Waals surface area contributed by atoms with Crippen molar-refractivity contribution in [2.45, 2.75) is 50.5 Å². The Morgan fingerprint density at radius 3 is 2.87 bits per heavy atom. The minimum atomic E-state index is -1.10. The Hall–Kier alpha value is -3.07. The van der Waals surface area contributed by atoms with E-state index in [4.69, 9.17) is 4.74 Å². The van der Waals surface area contributed by atoms with Crippen LogP contribution in [0.3, 0.4) is 0 Å². The molecule has 30 heavy (non-hydrogen) atoms. The third kappa shape index (κ3) is 3.60. The number of benzene rings is 1. The minimum Gasteiger partial charge on any atom is -0.507 e. The highest BCUT2D eigenvalue weighted by molar-refractivity contribution is 5.67. The number of fused-ring (bicyclic) bond motifs is 2. The molecular weight excluding hydrogens is 387 g/mol. The lowest BCUT2D eigenvalue weighted by Crippen LogP contribution is -2.60. The second-order valence-electron chi connectivity index (χ2n) is 8.18. The van der Waals surface area contributed by atoms with E-state index in [0.29, 0.717) is 23.6 Å². The van der Waals surface area contributed by atoms with Gasteiger partial charge in [-0.2, -0.15) is 0 Å². The Bertz CT molecular complexity index is 1010. The summed E-state index contributed by atoms with van der Waals surface area (Å²) in [4.78, 5) is 8.19. The average Bonchev–Trinajstić information content (AvgIpc) is 3.27. The fraction of sp³-hybridized carbons (Fsp3) is 0.429. The minimum absolute atomic E-state index is 0.0500. The third-order valence-corrected chi connectivity index (χ3v) is 5.91. The standard InChI is InChI=1S/C21H23FN6O2/c1-12-6-13-8-19(20(22)16(7-12)25-13)30-21-24-10-17(26-27-21)15-3-2-14(9-18(15)29)28-5-4-23-11-28/h2-5,9-13,16,19-20,25,29H,6-8H2,1H3/t12-,13?,16?,19+,20+/m1/s1. The van der Waals surface area contributed by atoms with E-state index in [2.05, 4.69) is 32.4 Å². The van der Waals surface area contributed by atoms with Crippen molar-refractivity contribution >= 4 is 0 Å². The first-order valence-corrected chi connectivity index (χ1v) is 10.1. The molecule has 4 heterocycles. The fourth-order valence-corrected chi connectivity index (χ4v) is 4.51. The highest BCUT2D eigenvalue weighted by Gasteiger charge is 2.43. The smallest absolute Gasteiger partial charge is 0.336 e. The van der Waals surface area contributed by atoms with E-state index < -0.39 is 12.3 Å². The van der Waals surface area contributed by atoms with E-state index in [0.717, 1.165) is 18.5 Å². The molecule has 0 amide bonds. The van der Waals surface area contributed by atoms with Gasteiger partial charge in [-0.25, -0.2) is 14.4 Å². The van der Waals surface area contributed by atoms with Gasteiger partial charge in [-0.1, -0.05) is 12.0 Å². The van der Waals surface area contributed by atoms with Gasteiger partial charge >= 0.3 is 6.01 Å². The molecular formula is C21H23FN6O2. The van der Waals surface area contributed by atoms with Crippen LogP contribution in [0.2, 0.25) is 0 Å². The Kier molecular flexibility index (Phi) is 4.82. The van der Waals surface area contributed by atoms with Crippen LogP contribution in [0.25, 0.3) is 16.9 Å². The molecule has 2 aliphatic heterocycles. The zero-order valence-corrected chi connectivity index (χ0v) is 16.5. The molecule has 3 aromatic rings. The highest BCUT2D eigenvalue weighted by Crippen LogP contribution is 2.33. The maximum Gasteiger partial charge on any atom is 0.336 e. The van der Waals surface area contributed by atoms with E-state index in [1.54, 1.807) is 35.4 Å². The van der Waals surface area contributed by atoms with Crippen molar-refractivity contribution in [1.82, 2.24) is 30.0 Å². The molecule has 2 bridgehead atoms. The molecule has 5 atom stereocenters. The Balaban J connectivity index is 1.30. The summed E-state index contributed by atoms with van der Waals surface area (Å²) in [5, 5.41) is 21.9. The van der Waals surface area contributed by atoms with Crippen molar-refractivity contribution in [2.24, 2.45) is 5.92 Å². The molecule has 5 rings (SSSR count). The van der Waals surface area contributed by atoms with Crippen LogP contribution in [0.15, 0.2) is 43.1 Å². The zero-order valence-electron chi connectivity index (χ0n) is 16.5. The molecule has 2 saturated heterocycles. The number of aromatic hydroxyl groups is 1. The van der Waals surface area contributed by atoms with E-state index in [-0.39, 0.29) is 23.8 Å². The summed E-state index contributed by atoms with van der Waals surface area (Å²) in [5.74, 6) is 0.570. The van der Waals surface area contributed by atoms with Gasteiger partial charge in [-0.3, -0.25) is 0 Å². The monoisotopic (exact) mass is 410 g/mol. The SMILES string of the molecule is C[C@@H]1CC2C[C@H](Oc3ncc(-c4ccc(-n5ccnc5)cc4O)nn3)[C@@H](F)C(C1)N2. The van der Waals surface area contributed by atoms with Gasteiger partial charge in [-0.05, 0) is 30.9 Å². The zero-order chi connectivity index (χ0) is 20.7. The average molecular weight is 410 g/mol. The summed E-state index contributed by atoms with van der Waals surface area (Å²) >= 11 is 0. The number of nitrogens with one attached hydrogen (secondary N) is 1. The van der Waals surface area contributed by atoms with Crippen LogP contribution in [0, 0.1) is 5.92 Å². The molecule has 2 unspecified atom stereocenters. The molecule has 0 aliphatic carbocycles. The predicted molar refractivity (Wildman–Crippen MR) is 107 cm³/mol. The number of phenolic OH excluding ortho intramolecular Hbond substituents is 1. The molecule has 1 aromatic carbocycles. The first kappa shape index (κ1) is 18.9. The van der Waals surface area contributed by atoms with Gasteiger partial charge in [0.15, 0.2) is 6.17 Å². The second-order valence-corrected chi connectivity index (χ2v) is 8.18. The molecule has 156 valence electrons. The Morgan fingerprint density at radius 1 is 1.23 bits per heavy atom. The summed E-state index contributed by atoms with van der Waals surface area (Å²) in [6, 6.07) is 5.32. The topological polar surface area (TPSA) is 98.0 Å². The van der Waals surface area contributed by atoms with Gasteiger partial charge in [0.2, 0.25) is 0 Å². The van der Waals surface area contributed by atoms with Crippen LogP contribution in [-0.2, 0) is 0 Å². The van der Waals surface area contributed by atoms with Gasteiger partial charge < -0.3 is 19.7 Å². The van der Waals surface area contributed by atoms with Crippen LogP contribution in [0.5, 0.6) is 11.8 Å². The van der Waals surface area contributed by atoms with E-state index in [1.165, 1.54) is 6.20 Å². The Labute approximate surface area is 173 Å². The number of phenols is 1. The number of imidazole rings is 1. The number of hydrogen-bond donors (Lipinski definition) is 2. The molecule has 2 fully saturated rings. The van der Waals surface area contributed by atoms with E-state index in [1.807, 2.05) is 6.07 Å². The van der Waals surface area contributed by atoms with Gasteiger partial charge in [-0.15, -0.1) is 5.10 Å². The predicted octanol–water partition coefficient (Wildman–Crippen LogP) is 2.68. The number of ether oxygens (including phenoxy) is 1. The van der Waals surface area contributed by atoms with Crippen molar-refractivity contribution in [3.63, 3.8) is 0 Å². The summed E-state index contributed by atoms with van der Waals surface area (Å²) in [6.07, 6.45) is 7.31. The van der Waals surface area contributed by atoms with Crippen molar-refractivity contribution in [3.05, 3.63) is 43.1 Å². The van der Waals surface area contributed by atoms with Crippen LogP contribution < -0.4 is 10.1 Å². The van der Waals surface area contributed by atoms with Gasteiger partial charge in [0.25, 0.3) is 0 Å². The van der Waals surface area contributed by atoms with Crippen LogP contribution in [0.1, 0.15) is 26.2 Å². The number of halogens is 1. The van der Waals surface area contributed by atoms with Gasteiger partial charge in [0.05, 0.1) is 18.2 Å². The van der Waals surface area contributed by atoms with E-state index in [9.17, 15) is 9.50 Å².